The van der Waals surface area contributed by atoms with Crippen LogP contribution in [0.15, 0.2) is 0 Å². The zero-order chi connectivity index (χ0) is 15.4. The predicted molar refractivity (Wildman–Crippen MR) is 68.0 cm³/mol. The van der Waals surface area contributed by atoms with Gasteiger partial charge in [0.1, 0.15) is 12.5 Å². The molecule has 4 bridgehead atoms. The van der Waals surface area contributed by atoms with E-state index in [9.17, 15) is 22.0 Å². The first-order valence-electron chi connectivity index (χ1n) is 7.20. The SMILES string of the molecule is O=C(CC(F)(F)S(=O)(=O)O)OC1C2CC3CC(C2)CC1C3. The molecule has 0 aromatic rings. The van der Waals surface area contributed by atoms with Crippen molar-refractivity contribution in [3.8, 4) is 0 Å². The van der Waals surface area contributed by atoms with E-state index in [4.69, 9.17) is 9.29 Å². The number of carbonyl (C=O) groups is 1. The molecular formula is C13H18F2O5S. The summed E-state index contributed by atoms with van der Waals surface area (Å²) < 4.78 is 60.9. The van der Waals surface area contributed by atoms with Gasteiger partial charge in [-0.15, -0.1) is 0 Å². The van der Waals surface area contributed by atoms with Crippen molar-refractivity contribution >= 4 is 16.1 Å². The molecule has 0 spiro atoms. The van der Waals surface area contributed by atoms with Crippen LogP contribution < -0.4 is 0 Å². The van der Waals surface area contributed by atoms with Gasteiger partial charge in [0.2, 0.25) is 0 Å². The van der Waals surface area contributed by atoms with Crippen LogP contribution in [0, 0.1) is 23.7 Å². The van der Waals surface area contributed by atoms with Crippen LogP contribution in [-0.4, -0.2) is 30.3 Å². The average molecular weight is 324 g/mol. The first-order chi connectivity index (χ1) is 9.65. The number of carbonyl (C=O) groups excluding carboxylic acids is 1. The Kier molecular flexibility index (Phi) is 3.52. The Morgan fingerprint density at radius 2 is 1.57 bits per heavy atom. The molecule has 0 aromatic heterocycles. The Morgan fingerprint density at radius 3 is 2.00 bits per heavy atom. The van der Waals surface area contributed by atoms with Gasteiger partial charge in [-0.2, -0.15) is 17.2 Å². The van der Waals surface area contributed by atoms with E-state index >= 15 is 0 Å². The molecule has 4 fully saturated rings. The Bertz CT molecular complexity index is 517. The van der Waals surface area contributed by atoms with Crippen molar-refractivity contribution in [2.75, 3.05) is 0 Å². The van der Waals surface area contributed by atoms with E-state index in [-0.39, 0.29) is 17.9 Å². The molecule has 0 radical (unpaired) electrons. The molecule has 0 atom stereocenters. The highest BCUT2D eigenvalue weighted by atomic mass is 32.2. The lowest BCUT2D eigenvalue weighted by molar-refractivity contribution is -0.174. The van der Waals surface area contributed by atoms with Crippen LogP contribution in [0.4, 0.5) is 8.78 Å². The number of rotatable bonds is 4. The van der Waals surface area contributed by atoms with Crippen LogP contribution >= 0.6 is 0 Å². The highest BCUT2D eigenvalue weighted by molar-refractivity contribution is 7.86. The van der Waals surface area contributed by atoms with E-state index in [0.29, 0.717) is 11.8 Å². The molecule has 0 aliphatic heterocycles. The summed E-state index contributed by atoms with van der Waals surface area (Å²) in [6.07, 6.45) is 3.05. The molecule has 1 N–H and O–H groups in total. The maximum Gasteiger partial charge on any atom is 0.380 e. The minimum absolute atomic E-state index is 0.213. The second-order valence-electron chi connectivity index (χ2n) is 6.67. The van der Waals surface area contributed by atoms with Gasteiger partial charge in [0, 0.05) is 0 Å². The van der Waals surface area contributed by atoms with Crippen molar-refractivity contribution in [2.45, 2.75) is 49.9 Å². The summed E-state index contributed by atoms with van der Waals surface area (Å²) in [5, 5.41) is -4.49. The minimum atomic E-state index is -5.59. The van der Waals surface area contributed by atoms with E-state index in [1.807, 2.05) is 0 Å². The molecule has 0 aromatic carbocycles. The van der Waals surface area contributed by atoms with Crippen molar-refractivity contribution < 1.29 is 31.3 Å². The molecule has 0 saturated heterocycles. The second-order valence-corrected chi connectivity index (χ2v) is 8.22. The summed E-state index contributed by atoms with van der Waals surface area (Å²) in [6, 6.07) is 0. The van der Waals surface area contributed by atoms with Gasteiger partial charge in [0.25, 0.3) is 0 Å². The highest BCUT2D eigenvalue weighted by Gasteiger charge is 2.51. The monoisotopic (exact) mass is 324 g/mol. The quantitative estimate of drug-likeness (QED) is 0.633. The molecule has 8 heteroatoms. The van der Waals surface area contributed by atoms with E-state index in [2.05, 4.69) is 0 Å². The fraction of sp³-hybridized carbons (Fsp3) is 0.923. The first kappa shape index (κ1) is 15.1. The number of hydrogen-bond acceptors (Lipinski definition) is 4. The Morgan fingerprint density at radius 1 is 1.10 bits per heavy atom. The molecule has 4 saturated carbocycles. The maximum atomic E-state index is 13.2. The van der Waals surface area contributed by atoms with Crippen LogP contribution in [0.1, 0.15) is 38.5 Å². The standard InChI is InChI=1S/C13H18F2O5S/c14-13(15,21(17,18)19)6-11(16)20-12-9-2-7-1-8(4-9)5-10(12)3-7/h7-10,12H,1-6H2,(H,17,18,19). The third-order valence-corrected chi connectivity index (χ3v) is 6.03. The van der Waals surface area contributed by atoms with Gasteiger partial charge in [0.15, 0.2) is 0 Å². The predicted octanol–water partition coefficient (Wildman–Crippen LogP) is 2.22. The van der Waals surface area contributed by atoms with Crippen molar-refractivity contribution in [3.63, 3.8) is 0 Å². The number of halogens is 2. The van der Waals surface area contributed by atoms with E-state index in [1.54, 1.807) is 0 Å². The fourth-order valence-corrected chi connectivity index (χ4v) is 4.82. The number of ether oxygens (including phenoxy) is 1. The zero-order valence-corrected chi connectivity index (χ0v) is 12.2. The molecule has 21 heavy (non-hydrogen) atoms. The second kappa shape index (κ2) is 4.87. The summed E-state index contributed by atoms with van der Waals surface area (Å²) >= 11 is 0. The smallest absolute Gasteiger partial charge is 0.380 e. The highest BCUT2D eigenvalue weighted by Crippen LogP contribution is 2.54. The van der Waals surface area contributed by atoms with Gasteiger partial charge in [-0.05, 0) is 55.8 Å². The Labute approximate surface area is 121 Å². The van der Waals surface area contributed by atoms with Crippen LogP contribution in [0.5, 0.6) is 0 Å². The molecule has 5 nitrogen and oxygen atoms in total. The minimum Gasteiger partial charge on any atom is -0.462 e. The van der Waals surface area contributed by atoms with Gasteiger partial charge in [-0.25, -0.2) is 0 Å². The molecule has 4 rings (SSSR count). The third kappa shape index (κ3) is 2.79. The van der Waals surface area contributed by atoms with Crippen molar-refractivity contribution in [1.29, 1.82) is 0 Å². The molecule has 0 heterocycles. The van der Waals surface area contributed by atoms with Crippen LogP contribution in [0.2, 0.25) is 0 Å². The van der Waals surface area contributed by atoms with Crippen LogP contribution in [0.3, 0.4) is 0 Å². The van der Waals surface area contributed by atoms with Gasteiger partial charge < -0.3 is 4.74 Å². The maximum absolute atomic E-state index is 13.2. The molecule has 0 unspecified atom stereocenters. The van der Waals surface area contributed by atoms with Gasteiger partial charge in [-0.1, -0.05) is 0 Å². The molecular weight excluding hydrogens is 306 g/mol. The fourth-order valence-electron chi connectivity index (χ4n) is 4.52. The number of alkyl halides is 2. The van der Waals surface area contributed by atoms with Crippen LogP contribution in [0.25, 0.3) is 0 Å². The lowest BCUT2D eigenvalue weighted by Gasteiger charge is -2.53. The van der Waals surface area contributed by atoms with Gasteiger partial charge in [-0.3, -0.25) is 9.35 Å². The van der Waals surface area contributed by atoms with Crippen molar-refractivity contribution in [3.05, 3.63) is 0 Å². The lowest BCUT2D eigenvalue weighted by atomic mass is 9.55. The van der Waals surface area contributed by atoms with E-state index in [0.717, 1.165) is 25.7 Å². The lowest BCUT2D eigenvalue weighted by Crippen LogP contribution is -2.50. The number of hydrogen-bond donors (Lipinski definition) is 1. The third-order valence-electron chi connectivity index (χ3n) is 5.14. The summed E-state index contributed by atoms with van der Waals surface area (Å²) in [5.74, 6) is 0.479. The zero-order valence-electron chi connectivity index (χ0n) is 11.4. The van der Waals surface area contributed by atoms with Gasteiger partial charge >= 0.3 is 21.3 Å². The molecule has 4 aliphatic rings. The summed E-state index contributed by atoms with van der Waals surface area (Å²) in [4.78, 5) is 11.6. The van der Waals surface area contributed by atoms with Gasteiger partial charge in [0.05, 0.1) is 0 Å². The van der Waals surface area contributed by atoms with Crippen molar-refractivity contribution in [2.24, 2.45) is 23.7 Å². The molecule has 0 amide bonds. The molecule has 4 aliphatic carbocycles. The summed E-state index contributed by atoms with van der Waals surface area (Å²) in [5.41, 5.74) is 0. The Balaban J connectivity index is 1.63. The number of esters is 1. The average Bonchev–Trinajstić information content (AvgIpc) is 2.30. The van der Waals surface area contributed by atoms with E-state index in [1.165, 1.54) is 6.42 Å². The topological polar surface area (TPSA) is 80.7 Å². The van der Waals surface area contributed by atoms with Crippen LogP contribution in [-0.2, 0) is 19.6 Å². The normalized spacial score (nSPS) is 38.5. The molecule has 120 valence electrons. The van der Waals surface area contributed by atoms with E-state index < -0.39 is 27.8 Å². The summed E-state index contributed by atoms with van der Waals surface area (Å²) in [6.45, 7) is 0. The van der Waals surface area contributed by atoms with Crippen molar-refractivity contribution in [1.82, 2.24) is 0 Å². The Hall–Kier alpha value is -0.760. The first-order valence-corrected chi connectivity index (χ1v) is 8.64. The largest absolute Gasteiger partial charge is 0.462 e. The summed E-state index contributed by atoms with van der Waals surface area (Å²) in [7, 11) is -5.59.